The average Bonchev–Trinajstić information content (AvgIpc) is 3.45. The maximum atomic E-state index is 13.0. The van der Waals surface area contributed by atoms with E-state index in [0.717, 1.165) is 5.56 Å². The molecule has 4 rings (SSSR count). The molecule has 1 amide bonds. The van der Waals surface area contributed by atoms with E-state index in [1.54, 1.807) is 25.3 Å². The highest BCUT2D eigenvalue weighted by atomic mass is 32.2. The zero-order valence-corrected chi connectivity index (χ0v) is 17.8. The van der Waals surface area contributed by atoms with Crippen LogP contribution < -0.4 is 10.1 Å². The highest BCUT2D eigenvalue weighted by Gasteiger charge is 2.39. The number of methoxy groups -OCH3 is 1. The molecule has 1 unspecified atom stereocenters. The molecular formula is C20H20N4O4S2. The number of carbonyl (C=O) groups excluding carboxylic acids is 1. The van der Waals surface area contributed by atoms with Gasteiger partial charge in [-0.05, 0) is 37.1 Å². The molecule has 1 aliphatic heterocycles. The Morgan fingerprint density at radius 3 is 2.73 bits per heavy atom. The quantitative estimate of drug-likeness (QED) is 0.627. The molecule has 2 heterocycles. The first-order valence-electron chi connectivity index (χ1n) is 9.35. The molecule has 1 aromatic heterocycles. The number of hydrogen-bond acceptors (Lipinski definition) is 7. The maximum absolute atomic E-state index is 13.0. The van der Waals surface area contributed by atoms with Gasteiger partial charge < -0.3 is 4.74 Å². The second kappa shape index (κ2) is 8.50. The molecule has 2 aromatic carbocycles. The van der Waals surface area contributed by atoms with Crippen molar-refractivity contribution in [2.24, 2.45) is 0 Å². The minimum absolute atomic E-state index is 0.181. The van der Waals surface area contributed by atoms with Crippen LogP contribution in [0.3, 0.4) is 0 Å². The molecule has 1 fully saturated rings. The first-order valence-corrected chi connectivity index (χ1v) is 11.6. The molecule has 0 radical (unpaired) electrons. The van der Waals surface area contributed by atoms with Gasteiger partial charge in [0.1, 0.15) is 16.8 Å². The van der Waals surface area contributed by atoms with Crippen molar-refractivity contribution < 1.29 is 17.9 Å². The molecule has 3 aromatic rings. The Hall–Kier alpha value is -2.82. The van der Waals surface area contributed by atoms with Crippen molar-refractivity contribution in [3.63, 3.8) is 0 Å². The van der Waals surface area contributed by atoms with E-state index in [-0.39, 0.29) is 4.90 Å². The van der Waals surface area contributed by atoms with Gasteiger partial charge in [0.2, 0.25) is 21.1 Å². The largest absolute Gasteiger partial charge is 0.497 e. The number of nitrogens with zero attached hydrogens (tertiary/aromatic N) is 3. The lowest BCUT2D eigenvalue weighted by Crippen LogP contribution is -2.43. The topological polar surface area (TPSA) is 101 Å². The Morgan fingerprint density at radius 2 is 1.97 bits per heavy atom. The Kier molecular flexibility index (Phi) is 5.80. The van der Waals surface area contributed by atoms with Crippen molar-refractivity contribution in [3.05, 3.63) is 54.6 Å². The number of sulfonamides is 1. The van der Waals surface area contributed by atoms with Crippen LogP contribution in [-0.4, -0.2) is 48.5 Å². The van der Waals surface area contributed by atoms with Crippen LogP contribution >= 0.6 is 11.3 Å². The molecular weight excluding hydrogens is 424 g/mol. The van der Waals surface area contributed by atoms with Crippen LogP contribution in [0.1, 0.15) is 12.8 Å². The van der Waals surface area contributed by atoms with Gasteiger partial charge in [-0.15, -0.1) is 10.2 Å². The second-order valence-electron chi connectivity index (χ2n) is 6.72. The number of hydrogen-bond donors (Lipinski definition) is 1. The summed E-state index contributed by atoms with van der Waals surface area (Å²) in [5.41, 5.74) is 0.821. The van der Waals surface area contributed by atoms with E-state index < -0.39 is 22.0 Å². The molecule has 0 saturated carbocycles. The van der Waals surface area contributed by atoms with Gasteiger partial charge in [0.05, 0.1) is 12.0 Å². The lowest BCUT2D eigenvalue weighted by atomic mass is 10.2. The van der Waals surface area contributed by atoms with Gasteiger partial charge in [-0.25, -0.2) is 8.42 Å². The summed E-state index contributed by atoms with van der Waals surface area (Å²) in [5.74, 6) is 0.293. The van der Waals surface area contributed by atoms with Crippen molar-refractivity contribution in [2.75, 3.05) is 19.0 Å². The summed E-state index contributed by atoms with van der Waals surface area (Å²) in [6, 6.07) is 14.8. The first kappa shape index (κ1) is 20.5. The predicted molar refractivity (Wildman–Crippen MR) is 114 cm³/mol. The normalized spacial score (nSPS) is 17.0. The van der Waals surface area contributed by atoms with E-state index in [2.05, 4.69) is 15.5 Å². The van der Waals surface area contributed by atoms with Crippen molar-refractivity contribution in [3.8, 4) is 16.3 Å². The molecule has 0 spiro atoms. The molecule has 8 nitrogen and oxygen atoms in total. The van der Waals surface area contributed by atoms with E-state index >= 15 is 0 Å². The second-order valence-corrected chi connectivity index (χ2v) is 9.59. The summed E-state index contributed by atoms with van der Waals surface area (Å²) in [4.78, 5) is 13.0. The molecule has 1 atom stereocenters. The van der Waals surface area contributed by atoms with E-state index in [9.17, 15) is 13.2 Å². The number of rotatable bonds is 6. The molecule has 0 aliphatic carbocycles. The zero-order valence-electron chi connectivity index (χ0n) is 16.2. The van der Waals surface area contributed by atoms with E-state index in [1.807, 2.05) is 24.3 Å². The molecule has 0 bridgehead atoms. The summed E-state index contributed by atoms with van der Waals surface area (Å²) in [5, 5.41) is 11.8. The molecule has 1 aliphatic rings. The van der Waals surface area contributed by atoms with Gasteiger partial charge in [0.15, 0.2) is 0 Å². The van der Waals surface area contributed by atoms with Crippen LogP contribution in [0, 0.1) is 0 Å². The summed E-state index contributed by atoms with van der Waals surface area (Å²) in [6.07, 6.45) is 1.08. The van der Waals surface area contributed by atoms with Gasteiger partial charge >= 0.3 is 0 Å². The summed E-state index contributed by atoms with van der Waals surface area (Å²) >= 11 is 1.22. The van der Waals surface area contributed by atoms with Crippen LogP contribution in [0.2, 0.25) is 0 Å². The number of ether oxygens (including phenoxy) is 1. The third-order valence-corrected chi connectivity index (χ3v) is 7.64. The molecule has 1 N–H and O–H groups in total. The monoisotopic (exact) mass is 444 g/mol. The zero-order chi connectivity index (χ0) is 21.1. The van der Waals surface area contributed by atoms with Crippen molar-refractivity contribution in [1.82, 2.24) is 14.5 Å². The maximum Gasteiger partial charge on any atom is 0.244 e. The molecule has 30 heavy (non-hydrogen) atoms. The van der Waals surface area contributed by atoms with Crippen molar-refractivity contribution >= 4 is 32.4 Å². The smallest absolute Gasteiger partial charge is 0.244 e. The molecule has 156 valence electrons. The van der Waals surface area contributed by atoms with E-state index in [1.165, 1.54) is 27.8 Å². The number of aromatic nitrogens is 2. The number of carbonyl (C=O) groups is 1. The van der Waals surface area contributed by atoms with Gasteiger partial charge in [0, 0.05) is 12.1 Å². The van der Waals surface area contributed by atoms with Gasteiger partial charge in [0.25, 0.3) is 0 Å². The average molecular weight is 445 g/mol. The van der Waals surface area contributed by atoms with Crippen LogP contribution in [0.15, 0.2) is 59.5 Å². The van der Waals surface area contributed by atoms with Gasteiger partial charge in [-0.3, -0.25) is 10.1 Å². The van der Waals surface area contributed by atoms with Gasteiger partial charge in [-0.1, -0.05) is 41.7 Å². The fourth-order valence-corrected chi connectivity index (χ4v) is 5.77. The Balaban J connectivity index is 1.50. The fourth-order valence-electron chi connectivity index (χ4n) is 3.35. The Morgan fingerprint density at radius 1 is 1.17 bits per heavy atom. The molecule has 10 heteroatoms. The molecule has 1 saturated heterocycles. The van der Waals surface area contributed by atoms with Crippen molar-refractivity contribution in [1.29, 1.82) is 0 Å². The highest BCUT2D eigenvalue weighted by molar-refractivity contribution is 7.89. The van der Waals surface area contributed by atoms with Crippen LogP contribution in [0.25, 0.3) is 10.6 Å². The van der Waals surface area contributed by atoms with Crippen molar-refractivity contribution in [2.45, 2.75) is 23.8 Å². The first-order chi connectivity index (χ1) is 14.5. The Labute approximate surface area is 178 Å². The number of nitrogens with one attached hydrogen (secondary N) is 1. The predicted octanol–water partition coefficient (Wildman–Crippen LogP) is 3.01. The minimum Gasteiger partial charge on any atom is -0.497 e. The Bertz CT molecular complexity index is 1150. The highest BCUT2D eigenvalue weighted by Crippen LogP contribution is 2.30. The third kappa shape index (κ3) is 4.07. The summed E-state index contributed by atoms with van der Waals surface area (Å²) < 4.78 is 32.4. The van der Waals surface area contributed by atoms with Crippen LogP contribution in [0.4, 0.5) is 5.13 Å². The minimum atomic E-state index is -3.74. The number of anilines is 1. The van der Waals surface area contributed by atoms with Gasteiger partial charge in [-0.2, -0.15) is 4.31 Å². The SMILES string of the molecule is COc1cccc(-c2nnc(NC(=O)C3CCCN3S(=O)(=O)c3ccccc3)s2)c1. The standard InChI is InChI=1S/C20H20N4O4S2/c1-28-15-8-5-7-14(13-15)19-22-23-20(29-19)21-18(25)17-11-6-12-24(17)30(26,27)16-9-3-2-4-10-16/h2-5,7-10,13,17H,6,11-12H2,1H3,(H,21,23,25). The number of amides is 1. The summed E-state index contributed by atoms with van der Waals surface area (Å²) in [7, 11) is -2.16. The fraction of sp³-hybridized carbons (Fsp3) is 0.250. The lowest BCUT2D eigenvalue weighted by Gasteiger charge is -2.22. The number of benzene rings is 2. The van der Waals surface area contributed by atoms with Crippen LogP contribution in [0.5, 0.6) is 5.75 Å². The summed E-state index contributed by atoms with van der Waals surface area (Å²) in [6.45, 7) is 0.306. The van der Waals surface area contributed by atoms with Crippen LogP contribution in [-0.2, 0) is 14.8 Å². The third-order valence-electron chi connectivity index (χ3n) is 4.83. The lowest BCUT2D eigenvalue weighted by molar-refractivity contribution is -0.119. The van der Waals surface area contributed by atoms with E-state index in [4.69, 9.17) is 4.74 Å². The van der Waals surface area contributed by atoms with E-state index in [0.29, 0.717) is 35.3 Å².